The van der Waals surface area contributed by atoms with Crippen LogP contribution < -0.4 is 11.1 Å². The molecule has 1 amide bonds. The first-order chi connectivity index (χ1) is 18.6. The average Bonchev–Trinajstić information content (AvgIpc) is 2.88. The Morgan fingerprint density at radius 2 is 1.64 bits per heavy atom. The van der Waals surface area contributed by atoms with Crippen LogP contribution in [-0.2, 0) is 4.79 Å². The second-order valence-corrected chi connectivity index (χ2v) is 10.8. The monoisotopic (exact) mass is 530 g/mol. The van der Waals surface area contributed by atoms with Crippen LogP contribution in [0, 0.1) is 29.1 Å². The highest BCUT2D eigenvalue weighted by Gasteiger charge is 2.35. The molecule has 2 N–H and O–H groups in total. The van der Waals surface area contributed by atoms with E-state index in [2.05, 4.69) is 43.1 Å². The Morgan fingerprint density at radius 3 is 2.26 bits per heavy atom. The summed E-state index contributed by atoms with van der Waals surface area (Å²) in [4.78, 5) is 27.9. The van der Waals surface area contributed by atoms with Gasteiger partial charge in [-0.25, -0.2) is 10.2 Å². The molecular weight excluding hydrogens is 492 g/mol. The molecule has 0 spiro atoms. The number of nitrogens with one attached hydrogen (secondary N) is 1. The Hall–Kier alpha value is -3.96. The lowest BCUT2D eigenvalue weighted by molar-refractivity contribution is -0.120. The zero-order chi connectivity index (χ0) is 28.5. The first kappa shape index (κ1) is 29.6. The summed E-state index contributed by atoms with van der Waals surface area (Å²) < 4.78 is 5.70. The van der Waals surface area contributed by atoms with E-state index in [4.69, 9.17) is 9.68 Å². The first-order valence-corrected chi connectivity index (χ1v) is 13.3. The number of para-hydroxylation sites is 1. The molecule has 2 aromatic carbocycles. The second-order valence-electron chi connectivity index (χ2n) is 10.8. The zero-order valence-corrected chi connectivity index (χ0v) is 23.3. The van der Waals surface area contributed by atoms with E-state index in [1.165, 1.54) is 0 Å². The third-order valence-corrected chi connectivity index (χ3v) is 6.53. The van der Waals surface area contributed by atoms with Crippen LogP contribution in [0.25, 0.3) is 11.0 Å². The summed E-state index contributed by atoms with van der Waals surface area (Å²) in [6, 6.07) is 18.2. The van der Waals surface area contributed by atoms with Crippen molar-refractivity contribution >= 4 is 22.6 Å². The number of aromatic hydroxyl groups is 1. The van der Waals surface area contributed by atoms with Gasteiger partial charge in [0.05, 0.1) is 17.0 Å². The predicted octanol–water partition coefficient (Wildman–Crippen LogP) is 5.27. The van der Waals surface area contributed by atoms with Gasteiger partial charge >= 0.3 is 5.63 Å². The van der Waals surface area contributed by atoms with Crippen molar-refractivity contribution in [3.05, 3.63) is 76.1 Å². The fraction of sp³-hybridized carbons (Fsp3) is 0.419. The summed E-state index contributed by atoms with van der Waals surface area (Å²) >= 11 is 0. The Kier molecular flexibility index (Phi) is 10.4. The molecule has 1 aromatic heterocycles. The highest BCUT2D eigenvalue weighted by Crippen LogP contribution is 2.39. The molecule has 0 aliphatic carbocycles. The van der Waals surface area contributed by atoms with Crippen molar-refractivity contribution in [1.29, 1.82) is 5.26 Å². The number of rotatable bonds is 12. The summed E-state index contributed by atoms with van der Waals surface area (Å²) in [6.45, 7) is 12.6. The van der Waals surface area contributed by atoms with Gasteiger partial charge in [-0.15, -0.1) is 0 Å². The van der Waals surface area contributed by atoms with Crippen molar-refractivity contribution in [3.63, 3.8) is 0 Å². The van der Waals surface area contributed by atoms with Crippen LogP contribution in [0.1, 0.15) is 58.1 Å². The Labute approximate surface area is 229 Å². The van der Waals surface area contributed by atoms with Crippen molar-refractivity contribution in [2.24, 2.45) is 22.9 Å². The van der Waals surface area contributed by atoms with E-state index < -0.39 is 23.4 Å². The molecule has 206 valence electrons. The Bertz CT molecular complexity index is 1380. The van der Waals surface area contributed by atoms with Crippen LogP contribution in [0.3, 0.4) is 0 Å². The van der Waals surface area contributed by atoms with Crippen LogP contribution >= 0.6 is 0 Å². The lowest BCUT2D eigenvalue weighted by atomic mass is 9.78. The van der Waals surface area contributed by atoms with E-state index in [-0.39, 0.29) is 17.7 Å². The summed E-state index contributed by atoms with van der Waals surface area (Å²) in [5.41, 5.74) is 3.70. The zero-order valence-electron chi connectivity index (χ0n) is 23.3. The summed E-state index contributed by atoms with van der Waals surface area (Å²) in [5, 5.41) is 25.2. The van der Waals surface area contributed by atoms with Crippen molar-refractivity contribution in [3.8, 4) is 11.8 Å². The van der Waals surface area contributed by atoms with E-state index >= 15 is 0 Å². The van der Waals surface area contributed by atoms with Crippen LogP contribution in [0.4, 0.5) is 0 Å². The number of fused-ring (bicyclic) bond motifs is 1. The summed E-state index contributed by atoms with van der Waals surface area (Å²) in [5.74, 6) is -0.882. The van der Waals surface area contributed by atoms with Crippen molar-refractivity contribution < 1.29 is 14.3 Å². The molecule has 0 aliphatic rings. The fourth-order valence-corrected chi connectivity index (χ4v) is 5.04. The number of nitrogens with zero attached hydrogens (tertiary/aromatic N) is 3. The quantitative estimate of drug-likeness (QED) is 0.187. The molecule has 2 atom stereocenters. The third kappa shape index (κ3) is 7.78. The standard InChI is InChI=1S/C31H38N4O4/c1-20(2)17-35(18-21(3)4)19-25(22(5)33-34-27(36)15-16-32)28(23-11-7-6-8-12-23)29-30(37)24-13-9-10-14-26(24)39-31(29)38/h6-14,20-21,25,28,37H,15,17-19H2,1-5H3,(H,34,36)/b33-22-/t25-,28-/m1/s1. The molecule has 0 unspecified atom stereocenters. The molecule has 0 radical (unpaired) electrons. The highest BCUT2D eigenvalue weighted by atomic mass is 16.4. The van der Waals surface area contributed by atoms with Crippen LogP contribution in [-0.4, -0.2) is 41.3 Å². The average molecular weight is 531 g/mol. The van der Waals surface area contributed by atoms with E-state index in [9.17, 15) is 14.7 Å². The van der Waals surface area contributed by atoms with Gasteiger partial charge in [0.1, 0.15) is 17.8 Å². The number of hydrazone groups is 1. The molecule has 8 heteroatoms. The van der Waals surface area contributed by atoms with Crippen molar-refractivity contribution in [2.75, 3.05) is 19.6 Å². The van der Waals surface area contributed by atoms with Crippen LogP contribution in [0.5, 0.6) is 5.75 Å². The molecule has 0 fully saturated rings. The van der Waals surface area contributed by atoms with Gasteiger partial charge in [-0.05, 0) is 36.5 Å². The largest absolute Gasteiger partial charge is 0.507 e. The number of hydrogen-bond acceptors (Lipinski definition) is 7. The predicted molar refractivity (Wildman–Crippen MR) is 154 cm³/mol. The number of carbonyl (C=O) groups excluding carboxylic acids is 1. The van der Waals surface area contributed by atoms with Crippen LogP contribution in [0.15, 0.2) is 68.9 Å². The topological polar surface area (TPSA) is 119 Å². The van der Waals surface area contributed by atoms with Gasteiger partial charge in [0.15, 0.2) is 0 Å². The van der Waals surface area contributed by atoms with Gasteiger partial charge in [-0.3, -0.25) is 4.79 Å². The first-order valence-electron chi connectivity index (χ1n) is 13.3. The SMILES string of the molecule is C/C(=N/NC(=O)CC#N)[C@@H](CN(CC(C)C)CC(C)C)[C@@H](c1ccccc1)c1c(O)c2ccccc2oc1=O. The maximum Gasteiger partial charge on any atom is 0.343 e. The van der Waals surface area contributed by atoms with Crippen LogP contribution in [0.2, 0.25) is 0 Å². The van der Waals surface area contributed by atoms with Gasteiger partial charge in [-0.2, -0.15) is 10.4 Å². The minimum absolute atomic E-state index is 0.124. The van der Waals surface area contributed by atoms with Gasteiger partial charge in [-0.1, -0.05) is 70.2 Å². The third-order valence-electron chi connectivity index (χ3n) is 6.53. The van der Waals surface area contributed by atoms with Crippen molar-refractivity contribution in [2.45, 2.75) is 47.0 Å². The molecule has 0 bridgehead atoms. The maximum absolute atomic E-state index is 13.5. The van der Waals surface area contributed by atoms with E-state index in [0.29, 0.717) is 35.1 Å². The molecule has 3 rings (SSSR count). The van der Waals surface area contributed by atoms with Gasteiger partial charge in [0, 0.05) is 37.2 Å². The normalized spacial score (nSPS) is 13.6. The number of carbonyl (C=O) groups is 1. The minimum atomic E-state index is -0.620. The van der Waals surface area contributed by atoms with Gasteiger partial charge in [0.2, 0.25) is 0 Å². The maximum atomic E-state index is 13.5. The summed E-state index contributed by atoms with van der Waals surface area (Å²) in [6.07, 6.45) is -0.314. The van der Waals surface area contributed by atoms with E-state index in [1.807, 2.05) is 36.4 Å². The summed E-state index contributed by atoms with van der Waals surface area (Å²) in [7, 11) is 0. The lowest BCUT2D eigenvalue weighted by Crippen LogP contribution is -2.41. The van der Waals surface area contributed by atoms with E-state index in [0.717, 1.165) is 18.7 Å². The minimum Gasteiger partial charge on any atom is -0.507 e. The van der Waals surface area contributed by atoms with E-state index in [1.54, 1.807) is 31.2 Å². The molecule has 1 heterocycles. The van der Waals surface area contributed by atoms with Gasteiger partial charge in [0.25, 0.3) is 5.91 Å². The number of benzene rings is 2. The number of hydrogen-bond donors (Lipinski definition) is 2. The Morgan fingerprint density at radius 1 is 1.03 bits per heavy atom. The highest BCUT2D eigenvalue weighted by molar-refractivity contribution is 5.89. The molecule has 39 heavy (non-hydrogen) atoms. The molecular formula is C31H38N4O4. The molecule has 0 aliphatic heterocycles. The van der Waals surface area contributed by atoms with Crippen molar-refractivity contribution in [1.82, 2.24) is 10.3 Å². The van der Waals surface area contributed by atoms with Gasteiger partial charge < -0.3 is 14.4 Å². The molecule has 0 saturated carbocycles. The fourth-order valence-electron chi connectivity index (χ4n) is 5.04. The molecule has 3 aromatic rings. The molecule has 0 saturated heterocycles. The number of nitriles is 1. The Balaban J connectivity index is 2.25. The second kappa shape index (κ2) is 13.7. The lowest BCUT2D eigenvalue weighted by Gasteiger charge is -2.34. The number of amides is 1. The smallest absolute Gasteiger partial charge is 0.343 e. The molecule has 8 nitrogen and oxygen atoms in total.